The van der Waals surface area contributed by atoms with E-state index in [9.17, 15) is 18.0 Å². The maximum Gasteiger partial charge on any atom is 0.244 e. The first-order valence-corrected chi connectivity index (χ1v) is 14.1. The van der Waals surface area contributed by atoms with Crippen molar-refractivity contribution in [3.05, 3.63) is 63.6 Å². The summed E-state index contributed by atoms with van der Waals surface area (Å²) in [5.41, 5.74) is 1.83. The molecule has 10 heteroatoms. The van der Waals surface area contributed by atoms with Gasteiger partial charge in [0.05, 0.1) is 11.9 Å². The number of halogens is 2. The third-order valence-electron chi connectivity index (χ3n) is 5.71. The van der Waals surface area contributed by atoms with Crippen LogP contribution in [0.15, 0.2) is 42.5 Å². The van der Waals surface area contributed by atoms with Crippen molar-refractivity contribution < 1.29 is 18.0 Å². The molecule has 35 heavy (non-hydrogen) atoms. The van der Waals surface area contributed by atoms with Crippen molar-refractivity contribution >= 4 is 50.7 Å². The van der Waals surface area contributed by atoms with Gasteiger partial charge in [0.15, 0.2) is 0 Å². The summed E-state index contributed by atoms with van der Waals surface area (Å²) in [6.07, 6.45) is 2.12. The number of carbonyl (C=O) groups is 2. The first kappa shape index (κ1) is 28.9. The average molecular weight is 543 g/mol. The molecule has 192 valence electrons. The largest absolute Gasteiger partial charge is 0.352 e. The van der Waals surface area contributed by atoms with E-state index in [-0.39, 0.29) is 18.5 Å². The van der Waals surface area contributed by atoms with Gasteiger partial charge >= 0.3 is 0 Å². The van der Waals surface area contributed by atoms with E-state index in [1.807, 2.05) is 26.8 Å². The molecule has 0 aliphatic rings. The fourth-order valence-corrected chi connectivity index (χ4v) is 4.90. The third-order valence-corrected chi connectivity index (χ3v) is 7.44. The number of hydrogen-bond acceptors (Lipinski definition) is 4. The Morgan fingerprint density at radius 2 is 1.74 bits per heavy atom. The van der Waals surface area contributed by atoms with E-state index in [0.717, 1.165) is 22.5 Å². The van der Waals surface area contributed by atoms with Gasteiger partial charge in [-0.1, -0.05) is 55.2 Å². The van der Waals surface area contributed by atoms with Gasteiger partial charge in [0.2, 0.25) is 21.8 Å². The lowest BCUT2D eigenvalue weighted by Crippen LogP contribution is -2.53. The summed E-state index contributed by atoms with van der Waals surface area (Å²) < 4.78 is 26.4. The number of benzene rings is 2. The summed E-state index contributed by atoms with van der Waals surface area (Å²) in [5.74, 6) is -0.823. The van der Waals surface area contributed by atoms with E-state index in [0.29, 0.717) is 27.7 Å². The Balaban J connectivity index is 2.48. The summed E-state index contributed by atoms with van der Waals surface area (Å²) >= 11 is 12.4. The van der Waals surface area contributed by atoms with Gasteiger partial charge in [-0.25, -0.2) is 8.42 Å². The van der Waals surface area contributed by atoms with Crippen molar-refractivity contribution in [2.24, 2.45) is 0 Å². The smallest absolute Gasteiger partial charge is 0.244 e. The Kier molecular flexibility index (Phi) is 10.4. The van der Waals surface area contributed by atoms with Crippen LogP contribution >= 0.6 is 23.2 Å². The first-order chi connectivity index (χ1) is 16.4. The number of hydrogen-bond donors (Lipinski definition) is 1. The maximum atomic E-state index is 13.7. The number of nitrogens with zero attached hydrogens (tertiary/aromatic N) is 2. The quantitative estimate of drug-likeness (QED) is 0.443. The van der Waals surface area contributed by atoms with Gasteiger partial charge in [-0.3, -0.25) is 13.9 Å². The van der Waals surface area contributed by atoms with Crippen molar-refractivity contribution in [2.75, 3.05) is 17.1 Å². The van der Waals surface area contributed by atoms with Crippen molar-refractivity contribution in [3.63, 3.8) is 0 Å². The number of rotatable bonds is 11. The minimum Gasteiger partial charge on any atom is -0.352 e. The van der Waals surface area contributed by atoms with Crippen molar-refractivity contribution in [1.29, 1.82) is 0 Å². The Bertz CT molecular complexity index is 1160. The summed E-state index contributed by atoms with van der Waals surface area (Å²) in [6, 6.07) is 10.9. The van der Waals surface area contributed by atoms with Crippen molar-refractivity contribution in [1.82, 2.24) is 10.2 Å². The Labute approximate surface area is 218 Å². The summed E-state index contributed by atoms with van der Waals surface area (Å²) in [5, 5.41) is 3.73. The number of amides is 2. The molecule has 1 N–H and O–H groups in total. The Morgan fingerprint density at radius 3 is 2.29 bits per heavy atom. The van der Waals surface area contributed by atoms with Crippen molar-refractivity contribution in [3.8, 4) is 0 Å². The van der Waals surface area contributed by atoms with E-state index in [1.165, 1.54) is 4.90 Å². The van der Waals surface area contributed by atoms with Gasteiger partial charge in [0.25, 0.3) is 0 Å². The molecule has 0 aliphatic carbocycles. The van der Waals surface area contributed by atoms with Crippen LogP contribution in [0.3, 0.4) is 0 Å². The maximum absolute atomic E-state index is 13.7. The highest BCUT2D eigenvalue weighted by Gasteiger charge is 2.32. The lowest BCUT2D eigenvalue weighted by atomic mass is 10.1. The zero-order valence-corrected chi connectivity index (χ0v) is 23.0. The molecule has 0 spiro atoms. The van der Waals surface area contributed by atoms with Crippen LogP contribution in [0.1, 0.15) is 44.7 Å². The molecule has 0 saturated heterocycles. The van der Waals surface area contributed by atoms with Crippen LogP contribution in [-0.4, -0.2) is 50.0 Å². The lowest BCUT2D eigenvalue weighted by molar-refractivity contribution is -0.140. The van der Waals surface area contributed by atoms with E-state index < -0.39 is 28.5 Å². The van der Waals surface area contributed by atoms with E-state index >= 15 is 0 Å². The second-order valence-corrected chi connectivity index (χ2v) is 11.4. The molecule has 2 aromatic carbocycles. The molecular formula is C25H33Cl2N3O4S. The van der Waals surface area contributed by atoms with Gasteiger partial charge in [-0.2, -0.15) is 0 Å². The van der Waals surface area contributed by atoms with Crippen LogP contribution in [0.2, 0.25) is 10.0 Å². The van der Waals surface area contributed by atoms with Crippen LogP contribution in [0.4, 0.5) is 5.69 Å². The number of sulfonamides is 1. The third kappa shape index (κ3) is 8.12. The van der Waals surface area contributed by atoms with E-state index in [4.69, 9.17) is 23.2 Å². The second kappa shape index (κ2) is 12.6. The number of carbonyl (C=O) groups excluding carboxylic acids is 2. The normalized spacial score (nSPS) is 13.1. The molecular weight excluding hydrogens is 509 g/mol. The molecule has 0 radical (unpaired) electrons. The molecule has 2 amide bonds. The van der Waals surface area contributed by atoms with Crippen LogP contribution < -0.4 is 9.62 Å². The van der Waals surface area contributed by atoms with Crippen LogP contribution in [-0.2, 0) is 26.2 Å². The van der Waals surface area contributed by atoms with Gasteiger partial charge in [0.1, 0.15) is 12.6 Å². The predicted octanol–water partition coefficient (Wildman–Crippen LogP) is 4.79. The molecule has 2 rings (SSSR count). The predicted molar refractivity (Wildman–Crippen MR) is 142 cm³/mol. The fourth-order valence-electron chi connectivity index (χ4n) is 3.59. The van der Waals surface area contributed by atoms with Crippen LogP contribution in [0, 0.1) is 6.92 Å². The molecule has 2 atom stereocenters. The molecule has 0 aliphatic heterocycles. The molecule has 0 fully saturated rings. The fraction of sp³-hybridized carbons (Fsp3) is 0.440. The Hall–Kier alpha value is -2.29. The van der Waals surface area contributed by atoms with Gasteiger partial charge in [0, 0.05) is 22.6 Å². The lowest BCUT2D eigenvalue weighted by Gasteiger charge is -2.33. The Morgan fingerprint density at radius 1 is 1.06 bits per heavy atom. The van der Waals surface area contributed by atoms with Gasteiger partial charge < -0.3 is 10.2 Å². The SMILES string of the molecule is CC[C@H](C(=O)N[C@@H](C)CC)N(Cc1ccc(Cl)cc1Cl)C(=O)CN(c1cccc(C)c1)S(C)(=O)=O. The zero-order chi connectivity index (χ0) is 26.3. The molecule has 2 aromatic rings. The monoisotopic (exact) mass is 541 g/mol. The van der Waals surface area contributed by atoms with Crippen molar-refractivity contribution in [2.45, 2.75) is 59.2 Å². The molecule has 0 saturated carbocycles. The molecule has 0 aromatic heterocycles. The topological polar surface area (TPSA) is 86.8 Å². The second-order valence-electron chi connectivity index (χ2n) is 8.61. The number of anilines is 1. The first-order valence-electron chi connectivity index (χ1n) is 11.5. The summed E-state index contributed by atoms with van der Waals surface area (Å²) in [4.78, 5) is 28.2. The highest BCUT2D eigenvalue weighted by molar-refractivity contribution is 7.92. The highest BCUT2D eigenvalue weighted by atomic mass is 35.5. The van der Waals surface area contributed by atoms with Gasteiger partial charge in [-0.05, 0) is 62.1 Å². The number of aryl methyl sites for hydroxylation is 1. The zero-order valence-electron chi connectivity index (χ0n) is 20.7. The average Bonchev–Trinajstić information content (AvgIpc) is 2.77. The van der Waals surface area contributed by atoms with Crippen LogP contribution in [0.25, 0.3) is 0 Å². The minimum absolute atomic E-state index is 0.0205. The molecule has 0 heterocycles. The highest BCUT2D eigenvalue weighted by Crippen LogP contribution is 2.25. The standard InChI is InChI=1S/C25H33Cl2N3O4S/c1-6-18(4)28-25(32)23(7-2)29(15-19-11-12-20(26)14-22(19)27)24(31)16-30(35(5,33)34)21-10-8-9-17(3)13-21/h8-14,18,23H,6-7,15-16H2,1-5H3,(H,28,32)/t18-,23+/m0/s1. The van der Waals surface area contributed by atoms with Gasteiger partial charge in [-0.15, -0.1) is 0 Å². The summed E-state index contributed by atoms with van der Waals surface area (Å²) in [6.45, 7) is 7.05. The summed E-state index contributed by atoms with van der Waals surface area (Å²) in [7, 11) is -3.78. The molecule has 0 bridgehead atoms. The number of nitrogens with one attached hydrogen (secondary N) is 1. The van der Waals surface area contributed by atoms with Crippen LogP contribution in [0.5, 0.6) is 0 Å². The molecule has 0 unspecified atom stereocenters. The molecule has 7 nitrogen and oxygen atoms in total. The van der Waals surface area contributed by atoms with E-state index in [1.54, 1.807) is 43.3 Å². The minimum atomic E-state index is -3.78. The van der Waals surface area contributed by atoms with E-state index in [2.05, 4.69) is 5.32 Å².